The van der Waals surface area contributed by atoms with E-state index < -0.39 is 0 Å². The van der Waals surface area contributed by atoms with Gasteiger partial charge in [-0.1, -0.05) is 24.3 Å². The van der Waals surface area contributed by atoms with Crippen molar-refractivity contribution in [3.8, 4) is 0 Å². The van der Waals surface area contributed by atoms with Crippen molar-refractivity contribution in [2.75, 3.05) is 26.2 Å². The second-order valence-corrected chi connectivity index (χ2v) is 2.61. The maximum absolute atomic E-state index is 4.91. The minimum atomic E-state index is 0.583. The molecule has 2 nitrogen and oxygen atoms in total. The van der Waals surface area contributed by atoms with Crippen LogP contribution in [0.15, 0.2) is 50.6 Å². The van der Waals surface area contributed by atoms with E-state index >= 15 is 0 Å². The van der Waals surface area contributed by atoms with Crippen LogP contribution in [0.4, 0.5) is 0 Å². The van der Waals surface area contributed by atoms with E-state index in [1.807, 2.05) is 18.2 Å². The van der Waals surface area contributed by atoms with Crippen molar-refractivity contribution in [2.24, 2.45) is 5.73 Å². The molecule has 2 N–H and O–H groups in total. The van der Waals surface area contributed by atoms with Gasteiger partial charge in [0.25, 0.3) is 0 Å². The molecule has 0 unspecified atom stereocenters. The van der Waals surface area contributed by atoms with E-state index in [0.717, 1.165) is 19.6 Å². The molecule has 0 aromatic heterocycles. The largest absolute Gasteiger partial charge is 0.327 e. The van der Waals surface area contributed by atoms with Crippen molar-refractivity contribution in [1.82, 2.24) is 4.90 Å². The number of nitrogens with two attached hydrogens (primary N) is 1. The molecule has 0 saturated carbocycles. The van der Waals surface area contributed by atoms with E-state index in [1.165, 1.54) is 0 Å². The van der Waals surface area contributed by atoms with Gasteiger partial charge in [0, 0.05) is 26.2 Å². The summed E-state index contributed by atoms with van der Waals surface area (Å²) in [5, 5.41) is 0. The Hall–Kier alpha value is -1.12. The van der Waals surface area contributed by atoms with Crippen LogP contribution >= 0.6 is 0 Å². The maximum Gasteiger partial charge on any atom is 0.0167 e. The highest BCUT2D eigenvalue weighted by Gasteiger charge is 1.94. The molecular weight excluding hydrogens is 172 g/mol. The van der Waals surface area contributed by atoms with Crippen molar-refractivity contribution >= 4 is 0 Å². The lowest BCUT2D eigenvalue weighted by Gasteiger charge is -2.15. The molecule has 0 fully saturated rings. The van der Waals surface area contributed by atoms with Crippen LogP contribution in [-0.2, 0) is 0 Å². The Balaban J connectivity index is 0. The summed E-state index contributed by atoms with van der Waals surface area (Å²) in [6, 6.07) is 0. The molecule has 0 aliphatic heterocycles. The second kappa shape index (κ2) is 14.4. The summed E-state index contributed by atoms with van der Waals surface area (Å²) in [6.45, 7) is 17.6. The van der Waals surface area contributed by atoms with E-state index in [-0.39, 0.29) is 0 Å². The fourth-order valence-electron chi connectivity index (χ4n) is 0.771. The van der Waals surface area contributed by atoms with Gasteiger partial charge < -0.3 is 5.73 Å². The van der Waals surface area contributed by atoms with Crippen molar-refractivity contribution in [2.45, 2.75) is 0 Å². The molecule has 0 atom stereocenters. The topological polar surface area (TPSA) is 29.3 Å². The molecule has 0 rings (SSSR count). The van der Waals surface area contributed by atoms with E-state index in [2.05, 4.69) is 31.2 Å². The number of nitrogens with zero attached hydrogens (tertiary/aromatic N) is 1. The Morgan fingerprint density at radius 1 is 0.786 bits per heavy atom. The molecule has 2 heteroatoms. The van der Waals surface area contributed by atoms with Gasteiger partial charge in [0.2, 0.25) is 0 Å². The van der Waals surface area contributed by atoms with Crippen LogP contribution < -0.4 is 5.73 Å². The van der Waals surface area contributed by atoms with Crippen LogP contribution in [0.5, 0.6) is 0 Å². The van der Waals surface area contributed by atoms with Crippen LogP contribution in [-0.4, -0.2) is 31.1 Å². The van der Waals surface area contributed by atoms with Gasteiger partial charge >= 0.3 is 0 Å². The van der Waals surface area contributed by atoms with Crippen molar-refractivity contribution in [3.05, 3.63) is 50.6 Å². The van der Waals surface area contributed by atoms with Crippen molar-refractivity contribution < 1.29 is 0 Å². The average Bonchev–Trinajstić information content (AvgIpc) is 2.20. The van der Waals surface area contributed by atoms with Gasteiger partial charge in [-0.05, 0) is 0 Å². The summed E-state index contributed by atoms with van der Waals surface area (Å²) in [4.78, 5) is 2.19. The molecule has 0 spiro atoms. The molecule has 0 aromatic rings. The fraction of sp³-hybridized carbons (Fsp3) is 0.333. The summed E-state index contributed by atoms with van der Waals surface area (Å²) in [7, 11) is 0. The van der Waals surface area contributed by atoms with Crippen LogP contribution in [0.25, 0.3) is 0 Å². The number of rotatable bonds is 7. The molecule has 0 aliphatic carbocycles. The minimum Gasteiger partial charge on any atom is -0.327 e. The lowest BCUT2D eigenvalue weighted by Crippen LogP contribution is -2.23. The molecular formula is C12H22N2. The first kappa shape index (κ1) is 15.4. The monoisotopic (exact) mass is 194 g/mol. The van der Waals surface area contributed by atoms with Gasteiger partial charge in [0.05, 0.1) is 0 Å². The highest BCUT2D eigenvalue weighted by atomic mass is 15.1. The van der Waals surface area contributed by atoms with Gasteiger partial charge in [-0.2, -0.15) is 0 Å². The standard InChI is InChI=1S/C9H15N.C3H7N/c1-4-7-10(8-5-2)9-6-3;1-2-3-4/h4-6H,1-3,7-9H2;2H,1,3-4H2. The number of hydrogen-bond donors (Lipinski definition) is 1. The zero-order valence-corrected chi connectivity index (χ0v) is 8.99. The summed E-state index contributed by atoms with van der Waals surface area (Å²) < 4.78 is 0. The zero-order chi connectivity index (χ0) is 11.2. The summed E-state index contributed by atoms with van der Waals surface area (Å²) in [6.07, 6.45) is 7.30. The van der Waals surface area contributed by atoms with Crippen LogP contribution in [0.2, 0.25) is 0 Å². The Morgan fingerprint density at radius 2 is 1.07 bits per heavy atom. The Labute approximate surface area is 88.1 Å². The highest BCUT2D eigenvalue weighted by molar-refractivity contribution is 4.83. The second-order valence-electron chi connectivity index (χ2n) is 2.61. The predicted octanol–water partition coefficient (Wildman–Crippen LogP) is 1.98. The van der Waals surface area contributed by atoms with E-state index in [0.29, 0.717) is 6.54 Å². The molecule has 0 amide bonds. The quantitative estimate of drug-likeness (QED) is 0.628. The summed E-state index contributed by atoms with van der Waals surface area (Å²) in [5.74, 6) is 0. The molecule has 14 heavy (non-hydrogen) atoms. The molecule has 0 heterocycles. The Kier molecular flexibility index (Phi) is 15.8. The van der Waals surface area contributed by atoms with Crippen molar-refractivity contribution in [3.63, 3.8) is 0 Å². The zero-order valence-electron chi connectivity index (χ0n) is 8.99. The predicted molar refractivity (Wildman–Crippen MR) is 66.3 cm³/mol. The van der Waals surface area contributed by atoms with Gasteiger partial charge in [-0.15, -0.1) is 26.3 Å². The van der Waals surface area contributed by atoms with Crippen LogP contribution in [0, 0.1) is 0 Å². The van der Waals surface area contributed by atoms with E-state index in [1.54, 1.807) is 6.08 Å². The van der Waals surface area contributed by atoms with E-state index in [4.69, 9.17) is 5.73 Å². The summed E-state index contributed by atoms with van der Waals surface area (Å²) >= 11 is 0. The first-order valence-electron chi connectivity index (χ1n) is 4.62. The third kappa shape index (κ3) is 13.5. The number of hydrogen-bond acceptors (Lipinski definition) is 2. The Morgan fingerprint density at radius 3 is 1.21 bits per heavy atom. The minimum absolute atomic E-state index is 0.583. The van der Waals surface area contributed by atoms with Gasteiger partial charge in [0.15, 0.2) is 0 Å². The van der Waals surface area contributed by atoms with Crippen molar-refractivity contribution in [1.29, 1.82) is 0 Å². The first-order chi connectivity index (χ1) is 6.76. The highest BCUT2D eigenvalue weighted by Crippen LogP contribution is 1.88. The Bertz CT molecular complexity index is 138. The molecule has 0 bridgehead atoms. The van der Waals surface area contributed by atoms with Gasteiger partial charge in [-0.25, -0.2) is 0 Å². The van der Waals surface area contributed by atoms with Crippen LogP contribution in [0.1, 0.15) is 0 Å². The van der Waals surface area contributed by atoms with Gasteiger partial charge in [-0.3, -0.25) is 4.90 Å². The molecule has 0 aliphatic rings. The first-order valence-corrected chi connectivity index (χ1v) is 4.62. The van der Waals surface area contributed by atoms with Gasteiger partial charge in [0.1, 0.15) is 0 Å². The molecule has 0 aromatic carbocycles. The lowest BCUT2D eigenvalue weighted by atomic mass is 10.4. The summed E-state index contributed by atoms with van der Waals surface area (Å²) in [5.41, 5.74) is 4.91. The smallest absolute Gasteiger partial charge is 0.0167 e. The van der Waals surface area contributed by atoms with E-state index in [9.17, 15) is 0 Å². The molecule has 0 saturated heterocycles. The SMILES string of the molecule is C=CCN.C=CCN(CC=C)CC=C. The third-order valence-corrected chi connectivity index (χ3v) is 1.33. The average molecular weight is 194 g/mol. The molecule has 80 valence electrons. The molecule has 0 radical (unpaired) electrons. The maximum atomic E-state index is 4.91. The van der Waals surface area contributed by atoms with Crippen LogP contribution in [0.3, 0.4) is 0 Å². The fourth-order valence-corrected chi connectivity index (χ4v) is 0.771. The lowest BCUT2D eigenvalue weighted by molar-refractivity contribution is 0.373. The normalized spacial score (nSPS) is 8.43. The third-order valence-electron chi connectivity index (χ3n) is 1.33.